The van der Waals surface area contributed by atoms with Crippen LogP contribution in [0.1, 0.15) is 17.2 Å². The molecule has 0 fully saturated rings. The lowest BCUT2D eigenvalue weighted by Crippen LogP contribution is -2.36. The smallest absolute Gasteiger partial charge is 0.241 e. The van der Waals surface area contributed by atoms with E-state index >= 15 is 0 Å². The van der Waals surface area contributed by atoms with Crippen LogP contribution in [-0.4, -0.2) is 26.9 Å². The van der Waals surface area contributed by atoms with E-state index in [1.54, 1.807) is 36.4 Å². The van der Waals surface area contributed by atoms with Gasteiger partial charge in [-0.05, 0) is 42.4 Å². The number of benzene rings is 3. The average molecular weight is 449 g/mol. The Labute approximate surface area is 182 Å². The van der Waals surface area contributed by atoms with Gasteiger partial charge >= 0.3 is 0 Å². The summed E-state index contributed by atoms with van der Waals surface area (Å²) in [5, 5.41) is 1.01. The summed E-state index contributed by atoms with van der Waals surface area (Å²) in [6.45, 7) is 1.09. The molecule has 0 radical (unpaired) electrons. The number of rotatable bonds is 8. The van der Waals surface area contributed by atoms with E-state index in [1.165, 1.54) is 0 Å². The van der Waals surface area contributed by atoms with Crippen molar-refractivity contribution in [2.45, 2.75) is 17.5 Å². The molecule has 1 atom stereocenters. The van der Waals surface area contributed by atoms with Gasteiger partial charge in [0.2, 0.25) is 10.0 Å². The van der Waals surface area contributed by atoms with E-state index in [2.05, 4.69) is 4.72 Å². The Morgan fingerprint density at radius 3 is 2.14 bits per heavy atom. The standard InChI is InChI=1S/C22H22Cl2N2O2S/c1-26(15-17-12-13-20(23)21(24)14-17)16-22(18-8-4-2-5-9-18)25-29(27,28)19-10-6-3-7-11-19/h2-14,22,25H,15-16H2,1H3/t22-/m1/s1. The van der Waals surface area contributed by atoms with Crippen molar-refractivity contribution >= 4 is 33.2 Å². The quantitative estimate of drug-likeness (QED) is 0.518. The molecule has 0 saturated heterocycles. The largest absolute Gasteiger partial charge is 0.300 e. The minimum atomic E-state index is -3.65. The van der Waals surface area contributed by atoms with E-state index in [0.717, 1.165) is 11.1 Å². The zero-order valence-electron chi connectivity index (χ0n) is 15.9. The predicted molar refractivity (Wildman–Crippen MR) is 119 cm³/mol. The lowest BCUT2D eigenvalue weighted by molar-refractivity contribution is 0.297. The maximum atomic E-state index is 12.9. The van der Waals surface area contributed by atoms with Crippen LogP contribution in [0.15, 0.2) is 83.8 Å². The highest BCUT2D eigenvalue weighted by Gasteiger charge is 2.22. The van der Waals surface area contributed by atoms with Gasteiger partial charge < -0.3 is 4.90 Å². The van der Waals surface area contributed by atoms with Crippen LogP contribution in [0, 0.1) is 0 Å². The third kappa shape index (κ3) is 6.04. The second kappa shape index (κ2) is 9.74. The number of nitrogens with one attached hydrogen (secondary N) is 1. The summed E-state index contributed by atoms with van der Waals surface area (Å²) in [5.41, 5.74) is 1.90. The van der Waals surface area contributed by atoms with Gasteiger partial charge in [0.1, 0.15) is 0 Å². The highest BCUT2D eigenvalue weighted by Crippen LogP contribution is 2.24. The third-order valence-corrected chi connectivity index (χ3v) is 6.71. The van der Waals surface area contributed by atoms with E-state index in [9.17, 15) is 8.42 Å². The Morgan fingerprint density at radius 2 is 1.52 bits per heavy atom. The average Bonchev–Trinajstić information content (AvgIpc) is 2.71. The van der Waals surface area contributed by atoms with Crippen LogP contribution in [0.25, 0.3) is 0 Å². The molecule has 0 aliphatic heterocycles. The zero-order chi connectivity index (χ0) is 20.9. The first kappa shape index (κ1) is 21.8. The zero-order valence-corrected chi connectivity index (χ0v) is 18.3. The molecule has 7 heteroatoms. The summed E-state index contributed by atoms with van der Waals surface area (Å²) in [5.74, 6) is 0. The third-order valence-electron chi connectivity index (χ3n) is 4.48. The highest BCUT2D eigenvalue weighted by atomic mass is 35.5. The summed E-state index contributed by atoms with van der Waals surface area (Å²) in [7, 11) is -1.71. The van der Waals surface area contributed by atoms with Crippen molar-refractivity contribution in [3.8, 4) is 0 Å². The highest BCUT2D eigenvalue weighted by molar-refractivity contribution is 7.89. The van der Waals surface area contributed by atoms with E-state index in [-0.39, 0.29) is 4.90 Å². The molecule has 4 nitrogen and oxygen atoms in total. The van der Waals surface area contributed by atoms with Crippen LogP contribution in [0.4, 0.5) is 0 Å². The molecule has 0 bridgehead atoms. The summed E-state index contributed by atoms with van der Waals surface area (Å²) in [6.07, 6.45) is 0. The van der Waals surface area contributed by atoms with Crippen LogP contribution < -0.4 is 4.72 Å². The molecule has 3 aromatic rings. The molecule has 0 aromatic heterocycles. The van der Waals surface area contributed by atoms with E-state index in [4.69, 9.17) is 23.2 Å². The van der Waals surface area contributed by atoms with Crippen molar-refractivity contribution in [2.24, 2.45) is 0 Å². The molecule has 3 rings (SSSR count). The molecule has 0 heterocycles. The Morgan fingerprint density at radius 1 is 0.897 bits per heavy atom. The van der Waals surface area contributed by atoms with Gasteiger partial charge in [0.15, 0.2) is 0 Å². The fourth-order valence-electron chi connectivity index (χ4n) is 3.08. The monoisotopic (exact) mass is 448 g/mol. The van der Waals surface area contributed by atoms with Gasteiger partial charge in [0, 0.05) is 13.1 Å². The SMILES string of the molecule is CN(Cc1ccc(Cl)c(Cl)c1)C[C@@H](NS(=O)(=O)c1ccccc1)c1ccccc1. The molecule has 152 valence electrons. The van der Waals surface area contributed by atoms with Gasteiger partial charge in [-0.2, -0.15) is 0 Å². The lowest BCUT2D eigenvalue weighted by Gasteiger charge is -2.25. The van der Waals surface area contributed by atoms with Crippen molar-refractivity contribution in [1.82, 2.24) is 9.62 Å². The summed E-state index contributed by atoms with van der Waals surface area (Å²) >= 11 is 12.1. The molecule has 0 aliphatic carbocycles. The van der Waals surface area contributed by atoms with Crippen molar-refractivity contribution in [3.63, 3.8) is 0 Å². The van der Waals surface area contributed by atoms with E-state index in [1.807, 2.05) is 54.4 Å². The molecule has 29 heavy (non-hydrogen) atoms. The van der Waals surface area contributed by atoms with Gasteiger partial charge in [0.25, 0.3) is 0 Å². The van der Waals surface area contributed by atoms with Crippen LogP contribution in [0.2, 0.25) is 10.0 Å². The summed E-state index contributed by atoms with van der Waals surface area (Å²) in [6, 6.07) is 23.0. The summed E-state index contributed by atoms with van der Waals surface area (Å²) < 4.78 is 28.6. The number of hydrogen-bond acceptors (Lipinski definition) is 3. The maximum Gasteiger partial charge on any atom is 0.241 e. The minimum absolute atomic E-state index is 0.244. The maximum absolute atomic E-state index is 12.9. The van der Waals surface area contributed by atoms with Crippen molar-refractivity contribution in [2.75, 3.05) is 13.6 Å². The Hall–Kier alpha value is -1.89. The van der Waals surface area contributed by atoms with Gasteiger partial charge in [0.05, 0.1) is 21.0 Å². The number of sulfonamides is 1. The molecule has 0 aliphatic rings. The molecule has 0 unspecified atom stereocenters. The van der Waals surface area contributed by atoms with Gasteiger partial charge in [-0.25, -0.2) is 13.1 Å². The normalized spacial score (nSPS) is 12.8. The van der Waals surface area contributed by atoms with Gasteiger partial charge in [-0.15, -0.1) is 0 Å². The minimum Gasteiger partial charge on any atom is -0.300 e. The fraction of sp³-hybridized carbons (Fsp3) is 0.182. The lowest BCUT2D eigenvalue weighted by atomic mass is 10.1. The van der Waals surface area contributed by atoms with Crippen LogP contribution in [0.3, 0.4) is 0 Å². The van der Waals surface area contributed by atoms with E-state index < -0.39 is 16.1 Å². The second-order valence-corrected chi connectivity index (χ2v) is 9.37. The molecule has 0 amide bonds. The first-order valence-electron chi connectivity index (χ1n) is 9.10. The second-order valence-electron chi connectivity index (χ2n) is 6.84. The Bertz CT molecular complexity index is 1040. The molecule has 3 aromatic carbocycles. The number of halogens is 2. The Kier molecular flexibility index (Phi) is 7.33. The van der Waals surface area contributed by atoms with Gasteiger partial charge in [-0.1, -0.05) is 77.8 Å². The predicted octanol–water partition coefficient (Wildman–Crippen LogP) is 5.15. The molecule has 0 saturated carbocycles. The van der Waals surface area contributed by atoms with Crippen LogP contribution in [0.5, 0.6) is 0 Å². The first-order chi connectivity index (χ1) is 13.8. The fourth-order valence-corrected chi connectivity index (χ4v) is 4.63. The Balaban J connectivity index is 1.80. The topological polar surface area (TPSA) is 49.4 Å². The molecular formula is C22H22Cl2N2O2S. The number of nitrogens with zero attached hydrogens (tertiary/aromatic N) is 1. The van der Waals surface area contributed by atoms with E-state index in [0.29, 0.717) is 23.1 Å². The molecule has 0 spiro atoms. The van der Waals surface area contributed by atoms with Crippen molar-refractivity contribution in [3.05, 3.63) is 100 Å². The van der Waals surface area contributed by atoms with Gasteiger partial charge in [-0.3, -0.25) is 0 Å². The van der Waals surface area contributed by atoms with Crippen LogP contribution in [-0.2, 0) is 16.6 Å². The number of likely N-dealkylation sites (N-methyl/N-ethyl adjacent to an activating group) is 1. The van der Waals surface area contributed by atoms with Crippen LogP contribution >= 0.6 is 23.2 Å². The molecule has 1 N–H and O–H groups in total. The number of hydrogen-bond donors (Lipinski definition) is 1. The van der Waals surface area contributed by atoms with Crippen molar-refractivity contribution < 1.29 is 8.42 Å². The van der Waals surface area contributed by atoms with Crippen molar-refractivity contribution in [1.29, 1.82) is 0 Å². The molecular weight excluding hydrogens is 427 g/mol. The first-order valence-corrected chi connectivity index (χ1v) is 11.3. The summed E-state index contributed by atoms with van der Waals surface area (Å²) in [4.78, 5) is 2.29.